The molecule has 1 saturated heterocycles. The van der Waals surface area contributed by atoms with Gasteiger partial charge in [-0.2, -0.15) is 13.1 Å². The van der Waals surface area contributed by atoms with Gasteiger partial charge in [0.05, 0.1) is 11.2 Å². The summed E-state index contributed by atoms with van der Waals surface area (Å²) in [5.74, 6) is -0.938. The van der Waals surface area contributed by atoms with Gasteiger partial charge in [0, 0.05) is 36.2 Å². The van der Waals surface area contributed by atoms with Crippen LogP contribution in [0.3, 0.4) is 0 Å². The number of hydrogen-bond acceptors (Lipinski definition) is 5. The zero-order valence-corrected chi connectivity index (χ0v) is 16.0. The topological polar surface area (TPSA) is 131 Å². The van der Waals surface area contributed by atoms with Gasteiger partial charge in [-0.15, -0.1) is 0 Å². The number of pyridine rings is 1. The second kappa shape index (κ2) is 6.66. The first-order valence-corrected chi connectivity index (χ1v) is 10.1. The molecule has 1 fully saturated rings. The van der Waals surface area contributed by atoms with E-state index in [0.29, 0.717) is 21.7 Å². The second-order valence-corrected chi connectivity index (χ2v) is 8.43. The first-order valence-electron chi connectivity index (χ1n) is 8.31. The van der Waals surface area contributed by atoms with E-state index in [9.17, 15) is 18.3 Å². The molecule has 4 rings (SSSR count). The summed E-state index contributed by atoms with van der Waals surface area (Å²) in [5, 5.41) is 10.8. The fourth-order valence-corrected chi connectivity index (χ4v) is 4.86. The first-order chi connectivity index (χ1) is 13.3. The molecular weight excluding hydrogens is 406 g/mol. The van der Waals surface area contributed by atoms with Gasteiger partial charge in [0.25, 0.3) is 0 Å². The predicted octanol–water partition coefficient (Wildman–Crippen LogP) is 1.67. The summed E-state index contributed by atoms with van der Waals surface area (Å²) in [6, 6.07) is 8.24. The number of aromatic carboxylic acids is 1. The fraction of sp³-hybridized carbons (Fsp3) is 0.176. The van der Waals surface area contributed by atoms with Gasteiger partial charge in [-0.3, -0.25) is 4.31 Å². The Morgan fingerprint density at radius 3 is 2.75 bits per heavy atom. The fourth-order valence-electron chi connectivity index (χ4n) is 3.42. The molecule has 11 heteroatoms. The lowest BCUT2D eigenvalue weighted by Crippen LogP contribution is -2.30. The van der Waals surface area contributed by atoms with E-state index < -0.39 is 16.2 Å². The average Bonchev–Trinajstić information content (AvgIpc) is 3.11. The van der Waals surface area contributed by atoms with Crippen molar-refractivity contribution in [3.8, 4) is 0 Å². The van der Waals surface area contributed by atoms with Crippen molar-refractivity contribution in [2.24, 2.45) is 0 Å². The van der Waals surface area contributed by atoms with Crippen LogP contribution in [0, 0.1) is 0 Å². The highest BCUT2D eigenvalue weighted by Gasteiger charge is 2.35. The minimum absolute atomic E-state index is 0.0945. The number of anilines is 2. The molecule has 0 unspecified atom stereocenters. The lowest BCUT2D eigenvalue weighted by atomic mass is 10.2. The number of nitrogens with zero attached hydrogens (tertiary/aromatic N) is 3. The Morgan fingerprint density at radius 1 is 1.32 bits per heavy atom. The van der Waals surface area contributed by atoms with Crippen LogP contribution in [0.2, 0.25) is 5.02 Å². The first kappa shape index (κ1) is 18.5. The van der Waals surface area contributed by atoms with E-state index in [-0.39, 0.29) is 31.0 Å². The van der Waals surface area contributed by atoms with Gasteiger partial charge in [-0.1, -0.05) is 11.6 Å². The van der Waals surface area contributed by atoms with Crippen LogP contribution in [0.1, 0.15) is 16.1 Å². The van der Waals surface area contributed by atoms with Crippen LogP contribution < -0.4 is 14.8 Å². The van der Waals surface area contributed by atoms with Crippen LogP contribution >= 0.6 is 11.6 Å². The van der Waals surface area contributed by atoms with Crippen molar-refractivity contribution in [2.45, 2.75) is 6.54 Å². The minimum atomic E-state index is -3.83. The van der Waals surface area contributed by atoms with Crippen molar-refractivity contribution in [1.29, 1.82) is 0 Å². The summed E-state index contributed by atoms with van der Waals surface area (Å²) in [4.78, 5) is 16.1. The third-order valence-electron chi connectivity index (χ3n) is 4.53. The number of nitrogen functional groups attached to an aromatic ring is 1. The molecule has 3 heterocycles. The Labute approximate surface area is 165 Å². The molecule has 1 aliphatic heterocycles. The van der Waals surface area contributed by atoms with Crippen molar-refractivity contribution in [2.75, 3.05) is 23.1 Å². The Balaban J connectivity index is 2.02. The normalized spacial score (nSPS) is 16.0. The molecule has 0 atom stereocenters. The van der Waals surface area contributed by atoms with Crippen LogP contribution in [0.5, 0.6) is 0 Å². The van der Waals surface area contributed by atoms with E-state index in [1.54, 1.807) is 34.9 Å². The molecule has 28 heavy (non-hydrogen) atoms. The van der Waals surface area contributed by atoms with Gasteiger partial charge in [-0.25, -0.2) is 9.78 Å². The number of nitrogens with one attached hydrogen (secondary N) is 1. The van der Waals surface area contributed by atoms with Crippen molar-refractivity contribution >= 4 is 50.2 Å². The molecule has 0 aliphatic carbocycles. The largest absolute Gasteiger partial charge is 0.477 e. The van der Waals surface area contributed by atoms with Gasteiger partial charge in [0.1, 0.15) is 5.82 Å². The molecule has 9 nitrogen and oxygen atoms in total. The number of halogens is 1. The zero-order valence-electron chi connectivity index (χ0n) is 14.5. The monoisotopic (exact) mass is 421 g/mol. The molecule has 2 aromatic heterocycles. The van der Waals surface area contributed by atoms with Crippen LogP contribution in [-0.4, -0.2) is 42.1 Å². The highest BCUT2D eigenvalue weighted by molar-refractivity contribution is 7.91. The molecule has 1 aromatic carbocycles. The van der Waals surface area contributed by atoms with Crippen molar-refractivity contribution in [3.63, 3.8) is 0 Å². The van der Waals surface area contributed by atoms with E-state index in [1.807, 2.05) is 0 Å². The zero-order chi connectivity index (χ0) is 20.1. The summed E-state index contributed by atoms with van der Waals surface area (Å²) in [6.07, 6.45) is 1.53. The number of carboxylic acids is 1. The predicted molar refractivity (Wildman–Crippen MR) is 106 cm³/mol. The molecular formula is C17H16ClN5O4S. The minimum Gasteiger partial charge on any atom is -0.477 e. The molecule has 146 valence electrons. The highest BCUT2D eigenvalue weighted by Crippen LogP contribution is 2.38. The van der Waals surface area contributed by atoms with Crippen molar-refractivity contribution in [3.05, 3.63) is 52.8 Å². The van der Waals surface area contributed by atoms with Crippen LogP contribution in [0.15, 0.2) is 36.5 Å². The number of hydrogen-bond donors (Lipinski definition) is 3. The Kier molecular flexibility index (Phi) is 4.41. The number of aromatic nitrogens is 2. The number of rotatable bonds is 4. The van der Waals surface area contributed by atoms with Gasteiger partial charge >= 0.3 is 16.2 Å². The third kappa shape index (κ3) is 3.05. The molecule has 0 amide bonds. The van der Waals surface area contributed by atoms with Gasteiger partial charge < -0.3 is 15.4 Å². The van der Waals surface area contributed by atoms with Gasteiger partial charge in [0.15, 0.2) is 5.69 Å². The second-order valence-electron chi connectivity index (χ2n) is 6.31. The maximum absolute atomic E-state index is 12.4. The van der Waals surface area contributed by atoms with Gasteiger partial charge in [-0.05, 0) is 35.9 Å². The van der Waals surface area contributed by atoms with Crippen LogP contribution in [0.4, 0.5) is 11.5 Å². The Hall–Kier alpha value is -2.82. The van der Waals surface area contributed by atoms with E-state index in [4.69, 9.17) is 17.3 Å². The van der Waals surface area contributed by atoms with E-state index in [0.717, 1.165) is 9.87 Å². The molecule has 0 radical (unpaired) electrons. The molecule has 0 saturated carbocycles. The number of carbonyl (C=O) groups is 1. The Bertz CT molecular complexity index is 1210. The van der Waals surface area contributed by atoms with E-state index in [1.165, 1.54) is 6.20 Å². The SMILES string of the molecule is Nc1cc(Cn2c(C(=O)O)c(N3CCNS3(=O)=O)c3cc(Cl)ccc32)ccn1. The standard InChI is InChI=1S/C17H16ClN5O4S/c18-11-1-2-13-12(8-11)15(23-6-5-21-28(23,26)27)16(17(24)25)22(13)9-10-3-4-20-14(19)7-10/h1-4,7-8,21H,5-6,9H2,(H2,19,20)(H,24,25). The molecule has 1 aliphatic rings. The average molecular weight is 422 g/mol. The number of nitrogens with two attached hydrogens (primary N) is 1. The maximum Gasteiger partial charge on any atom is 0.354 e. The maximum atomic E-state index is 12.4. The lowest BCUT2D eigenvalue weighted by molar-refractivity contribution is 0.0687. The van der Waals surface area contributed by atoms with Crippen LogP contribution in [-0.2, 0) is 16.8 Å². The smallest absolute Gasteiger partial charge is 0.354 e. The van der Waals surface area contributed by atoms with Crippen molar-refractivity contribution < 1.29 is 18.3 Å². The van der Waals surface area contributed by atoms with Gasteiger partial charge in [0.2, 0.25) is 0 Å². The summed E-state index contributed by atoms with van der Waals surface area (Å²) in [7, 11) is -3.83. The molecule has 0 bridgehead atoms. The third-order valence-corrected chi connectivity index (χ3v) is 6.28. The summed E-state index contributed by atoms with van der Waals surface area (Å²) < 4.78 is 29.9. The molecule has 0 spiro atoms. The Morgan fingerprint density at radius 2 is 2.11 bits per heavy atom. The summed E-state index contributed by atoms with van der Waals surface area (Å²) in [6.45, 7) is 0.486. The van der Waals surface area contributed by atoms with Crippen LogP contribution in [0.25, 0.3) is 10.9 Å². The van der Waals surface area contributed by atoms with Crippen molar-refractivity contribution in [1.82, 2.24) is 14.3 Å². The highest BCUT2D eigenvalue weighted by atomic mass is 35.5. The molecule has 3 aromatic rings. The number of carboxylic acid groups (broad SMARTS) is 1. The van der Waals surface area contributed by atoms with E-state index in [2.05, 4.69) is 9.71 Å². The number of fused-ring (bicyclic) bond motifs is 1. The summed E-state index contributed by atoms with van der Waals surface area (Å²) in [5.41, 5.74) is 6.97. The number of benzene rings is 1. The quantitative estimate of drug-likeness (QED) is 0.587. The summed E-state index contributed by atoms with van der Waals surface area (Å²) >= 11 is 6.13. The van der Waals surface area contributed by atoms with E-state index >= 15 is 0 Å². The lowest BCUT2D eigenvalue weighted by Gasteiger charge is -2.17. The molecule has 4 N–H and O–H groups in total.